The van der Waals surface area contributed by atoms with Crippen molar-refractivity contribution >= 4 is 0 Å². The standard InChI is InChI=1S/C16H19FN4/c1-11-8-20-21(10-11)13(3)12(2)19-9-15-5-4-14(7-18)6-16(15)17/h4-6,8,10,12-13,19H,9H2,1-3H3/t12-,13+/m1/s1. The monoisotopic (exact) mass is 286 g/mol. The summed E-state index contributed by atoms with van der Waals surface area (Å²) in [5.41, 5.74) is 2.02. The van der Waals surface area contributed by atoms with E-state index in [-0.39, 0.29) is 17.9 Å². The number of benzene rings is 1. The number of nitrogens with zero attached hydrogens (tertiary/aromatic N) is 3. The van der Waals surface area contributed by atoms with Crippen LogP contribution in [0.15, 0.2) is 30.6 Å². The van der Waals surface area contributed by atoms with Gasteiger partial charge in [-0.3, -0.25) is 4.68 Å². The molecule has 0 amide bonds. The molecule has 0 bridgehead atoms. The number of nitriles is 1. The van der Waals surface area contributed by atoms with E-state index in [2.05, 4.69) is 17.3 Å². The molecule has 1 aromatic heterocycles. The van der Waals surface area contributed by atoms with Crippen LogP contribution in [-0.2, 0) is 6.54 Å². The van der Waals surface area contributed by atoms with Crippen LogP contribution < -0.4 is 5.32 Å². The molecule has 0 saturated carbocycles. The summed E-state index contributed by atoms with van der Waals surface area (Å²) in [5.74, 6) is -0.351. The molecule has 2 rings (SSSR count). The van der Waals surface area contributed by atoms with Gasteiger partial charge in [0.25, 0.3) is 0 Å². The lowest BCUT2D eigenvalue weighted by Crippen LogP contribution is -2.33. The van der Waals surface area contributed by atoms with Gasteiger partial charge in [0, 0.05) is 24.3 Å². The van der Waals surface area contributed by atoms with Gasteiger partial charge < -0.3 is 5.32 Å². The van der Waals surface area contributed by atoms with Crippen LogP contribution in [0.2, 0.25) is 0 Å². The molecule has 0 aliphatic carbocycles. The number of aromatic nitrogens is 2. The molecule has 21 heavy (non-hydrogen) atoms. The van der Waals surface area contributed by atoms with Crippen LogP contribution in [0.5, 0.6) is 0 Å². The molecule has 0 saturated heterocycles. The lowest BCUT2D eigenvalue weighted by molar-refractivity contribution is 0.363. The molecule has 110 valence electrons. The predicted octanol–water partition coefficient (Wildman–Crippen LogP) is 2.94. The fraction of sp³-hybridized carbons (Fsp3) is 0.375. The lowest BCUT2D eigenvalue weighted by Gasteiger charge is -2.22. The first kappa shape index (κ1) is 15.2. The van der Waals surface area contributed by atoms with E-state index in [0.29, 0.717) is 17.7 Å². The predicted molar refractivity (Wildman–Crippen MR) is 79.1 cm³/mol. The van der Waals surface area contributed by atoms with Gasteiger partial charge >= 0.3 is 0 Å². The van der Waals surface area contributed by atoms with Crippen LogP contribution in [0.25, 0.3) is 0 Å². The second-order valence-corrected chi connectivity index (χ2v) is 5.33. The molecule has 5 heteroatoms. The normalized spacial score (nSPS) is 13.7. The van der Waals surface area contributed by atoms with Crippen LogP contribution in [0, 0.1) is 24.1 Å². The van der Waals surface area contributed by atoms with Crippen molar-refractivity contribution in [3.8, 4) is 6.07 Å². The van der Waals surface area contributed by atoms with E-state index in [1.807, 2.05) is 37.0 Å². The summed E-state index contributed by atoms with van der Waals surface area (Å²) in [7, 11) is 0. The molecule has 1 aromatic carbocycles. The van der Waals surface area contributed by atoms with Crippen molar-refractivity contribution in [2.45, 2.75) is 39.4 Å². The molecule has 0 aliphatic heterocycles. The molecule has 0 radical (unpaired) electrons. The Hall–Kier alpha value is -2.19. The Kier molecular flexibility index (Phi) is 4.71. The molecule has 1 heterocycles. The molecular weight excluding hydrogens is 267 g/mol. The molecule has 0 aliphatic rings. The third kappa shape index (κ3) is 3.67. The lowest BCUT2D eigenvalue weighted by atomic mass is 10.1. The van der Waals surface area contributed by atoms with Gasteiger partial charge in [-0.05, 0) is 38.5 Å². The summed E-state index contributed by atoms with van der Waals surface area (Å²) in [5, 5.41) is 16.3. The van der Waals surface area contributed by atoms with Crippen molar-refractivity contribution < 1.29 is 4.39 Å². The zero-order chi connectivity index (χ0) is 15.4. The van der Waals surface area contributed by atoms with E-state index >= 15 is 0 Å². The summed E-state index contributed by atoms with van der Waals surface area (Å²) in [6.45, 7) is 6.53. The Morgan fingerprint density at radius 1 is 1.43 bits per heavy atom. The molecule has 0 spiro atoms. The van der Waals surface area contributed by atoms with Crippen LogP contribution in [0.3, 0.4) is 0 Å². The van der Waals surface area contributed by atoms with Gasteiger partial charge in [-0.15, -0.1) is 0 Å². The zero-order valence-corrected chi connectivity index (χ0v) is 12.5. The van der Waals surface area contributed by atoms with E-state index in [0.717, 1.165) is 5.56 Å². The first-order valence-corrected chi connectivity index (χ1v) is 6.94. The maximum absolute atomic E-state index is 13.8. The molecule has 2 atom stereocenters. The Balaban J connectivity index is 1.98. The maximum atomic E-state index is 13.8. The van der Waals surface area contributed by atoms with Gasteiger partial charge in [0.05, 0.1) is 23.9 Å². The molecule has 4 nitrogen and oxygen atoms in total. The first-order chi connectivity index (χ1) is 10.0. The Morgan fingerprint density at radius 2 is 2.19 bits per heavy atom. The summed E-state index contributed by atoms with van der Waals surface area (Å²) in [6, 6.07) is 6.78. The maximum Gasteiger partial charge on any atom is 0.129 e. The fourth-order valence-electron chi connectivity index (χ4n) is 2.09. The van der Waals surface area contributed by atoms with E-state index in [1.165, 1.54) is 6.07 Å². The second-order valence-electron chi connectivity index (χ2n) is 5.33. The zero-order valence-electron chi connectivity index (χ0n) is 12.5. The van der Waals surface area contributed by atoms with Crippen molar-refractivity contribution in [2.75, 3.05) is 0 Å². The molecule has 2 aromatic rings. The van der Waals surface area contributed by atoms with Gasteiger partial charge in [-0.2, -0.15) is 10.4 Å². The Morgan fingerprint density at radius 3 is 2.76 bits per heavy atom. The van der Waals surface area contributed by atoms with Crippen molar-refractivity contribution in [3.05, 3.63) is 53.1 Å². The topological polar surface area (TPSA) is 53.6 Å². The molecule has 0 fully saturated rings. The number of rotatable bonds is 5. The van der Waals surface area contributed by atoms with Gasteiger partial charge in [0.1, 0.15) is 5.82 Å². The highest BCUT2D eigenvalue weighted by molar-refractivity contribution is 5.32. The molecular formula is C16H19FN4. The summed E-state index contributed by atoms with van der Waals surface area (Å²) >= 11 is 0. The van der Waals surface area contributed by atoms with E-state index in [1.54, 1.807) is 12.1 Å². The average Bonchev–Trinajstić information content (AvgIpc) is 2.91. The van der Waals surface area contributed by atoms with Crippen molar-refractivity contribution in [2.24, 2.45) is 0 Å². The minimum absolute atomic E-state index is 0.138. The molecule has 1 N–H and O–H groups in total. The minimum Gasteiger partial charge on any atom is -0.308 e. The summed E-state index contributed by atoms with van der Waals surface area (Å²) < 4.78 is 15.7. The van der Waals surface area contributed by atoms with E-state index < -0.39 is 0 Å². The highest BCUT2D eigenvalue weighted by Crippen LogP contribution is 2.13. The van der Waals surface area contributed by atoms with Crippen LogP contribution in [0.4, 0.5) is 4.39 Å². The average molecular weight is 286 g/mol. The number of halogens is 1. The first-order valence-electron chi connectivity index (χ1n) is 6.94. The van der Waals surface area contributed by atoms with Crippen molar-refractivity contribution in [1.29, 1.82) is 5.26 Å². The number of hydrogen-bond donors (Lipinski definition) is 1. The smallest absolute Gasteiger partial charge is 0.129 e. The van der Waals surface area contributed by atoms with Crippen LogP contribution >= 0.6 is 0 Å². The van der Waals surface area contributed by atoms with E-state index in [9.17, 15) is 4.39 Å². The highest BCUT2D eigenvalue weighted by atomic mass is 19.1. The Labute approximate surface area is 124 Å². The quantitative estimate of drug-likeness (QED) is 0.919. The summed E-state index contributed by atoms with van der Waals surface area (Å²) in [6.07, 6.45) is 3.81. The second kappa shape index (κ2) is 6.51. The largest absolute Gasteiger partial charge is 0.308 e. The van der Waals surface area contributed by atoms with Gasteiger partial charge in [-0.1, -0.05) is 6.07 Å². The number of hydrogen-bond acceptors (Lipinski definition) is 3. The minimum atomic E-state index is -0.351. The van der Waals surface area contributed by atoms with Crippen LogP contribution in [0.1, 0.15) is 36.6 Å². The molecule has 0 unspecified atom stereocenters. The van der Waals surface area contributed by atoms with Gasteiger partial charge in [0.15, 0.2) is 0 Å². The third-order valence-corrected chi connectivity index (χ3v) is 3.67. The van der Waals surface area contributed by atoms with E-state index in [4.69, 9.17) is 5.26 Å². The highest BCUT2D eigenvalue weighted by Gasteiger charge is 2.15. The fourth-order valence-corrected chi connectivity index (χ4v) is 2.09. The number of aryl methyl sites for hydroxylation is 1. The number of nitrogens with one attached hydrogen (secondary N) is 1. The van der Waals surface area contributed by atoms with Gasteiger partial charge in [-0.25, -0.2) is 4.39 Å². The van der Waals surface area contributed by atoms with Gasteiger partial charge in [0.2, 0.25) is 0 Å². The Bertz CT molecular complexity index is 657. The third-order valence-electron chi connectivity index (χ3n) is 3.67. The van der Waals surface area contributed by atoms with Crippen molar-refractivity contribution in [1.82, 2.24) is 15.1 Å². The SMILES string of the molecule is Cc1cnn([C@@H](C)[C@@H](C)NCc2ccc(C#N)cc2F)c1. The van der Waals surface area contributed by atoms with Crippen LogP contribution in [-0.4, -0.2) is 15.8 Å². The summed E-state index contributed by atoms with van der Waals surface area (Å²) in [4.78, 5) is 0. The van der Waals surface area contributed by atoms with Crippen molar-refractivity contribution in [3.63, 3.8) is 0 Å².